The Morgan fingerprint density at radius 1 is 1.37 bits per heavy atom. The molecule has 0 unspecified atom stereocenters. The molecule has 19 heavy (non-hydrogen) atoms. The standard InChI is InChI=1S/C13H17N3O2.ClH/c1-13(2,14)12(18)15-9-5-3-8-4-6-11(17)16-10(8)7-9;/h3,5,7H,4,6,14H2,1-2H3,(H,15,18)(H,16,17);1H. The maximum absolute atomic E-state index is 11.7. The van der Waals surface area contributed by atoms with Crippen molar-refractivity contribution in [1.29, 1.82) is 0 Å². The number of amides is 2. The highest BCUT2D eigenvalue weighted by Crippen LogP contribution is 2.26. The maximum Gasteiger partial charge on any atom is 0.243 e. The van der Waals surface area contributed by atoms with E-state index in [1.165, 1.54) is 0 Å². The van der Waals surface area contributed by atoms with Crippen molar-refractivity contribution in [3.05, 3.63) is 23.8 Å². The molecule has 0 aliphatic carbocycles. The molecule has 104 valence electrons. The van der Waals surface area contributed by atoms with Crippen LogP contribution < -0.4 is 16.4 Å². The highest BCUT2D eigenvalue weighted by molar-refractivity contribution is 5.99. The number of nitrogens with one attached hydrogen (secondary N) is 2. The predicted octanol–water partition coefficient (Wildman–Crippen LogP) is 1.67. The van der Waals surface area contributed by atoms with E-state index < -0.39 is 5.54 Å². The summed E-state index contributed by atoms with van der Waals surface area (Å²) in [5, 5.41) is 5.52. The molecule has 0 saturated carbocycles. The van der Waals surface area contributed by atoms with Crippen LogP contribution in [0.15, 0.2) is 18.2 Å². The van der Waals surface area contributed by atoms with Gasteiger partial charge >= 0.3 is 0 Å². The number of carbonyl (C=O) groups excluding carboxylic acids is 2. The van der Waals surface area contributed by atoms with E-state index in [0.29, 0.717) is 12.1 Å². The van der Waals surface area contributed by atoms with Gasteiger partial charge in [-0.25, -0.2) is 0 Å². The second-order valence-corrected chi connectivity index (χ2v) is 5.10. The van der Waals surface area contributed by atoms with Crippen LogP contribution in [0, 0.1) is 0 Å². The molecule has 1 aromatic carbocycles. The molecule has 0 aromatic heterocycles. The van der Waals surface area contributed by atoms with Gasteiger partial charge in [0.1, 0.15) is 0 Å². The number of carbonyl (C=O) groups is 2. The predicted molar refractivity (Wildman–Crippen MR) is 77.5 cm³/mol. The first kappa shape index (κ1) is 15.5. The lowest BCUT2D eigenvalue weighted by atomic mass is 10.0. The van der Waals surface area contributed by atoms with Gasteiger partial charge in [-0.2, -0.15) is 0 Å². The molecule has 1 heterocycles. The van der Waals surface area contributed by atoms with Crippen molar-refractivity contribution in [2.24, 2.45) is 5.73 Å². The Labute approximate surface area is 118 Å². The third-order valence-electron chi connectivity index (χ3n) is 2.85. The number of hydrogen-bond donors (Lipinski definition) is 3. The van der Waals surface area contributed by atoms with Gasteiger partial charge in [-0.3, -0.25) is 9.59 Å². The van der Waals surface area contributed by atoms with E-state index in [1.54, 1.807) is 19.9 Å². The monoisotopic (exact) mass is 283 g/mol. The lowest BCUT2D eigenvalue weighted by Gasteiger charge is -2.20. The SMILES string of the molecule is CC(C)(N)C(=O)Nc1ccc2c(c1)NC(=O)CC2.Cl. The molecule has 5 nitrogen and oxygen atoms in total. The van der Waals surface area contributed by atoms with Crippen LogP contribution in [-0.2, 0) is 16.0 Å². The van der Waals surface area contributed by atoms with Gasteiger partial charge in [0.25, 0.3) is 0 Å². The molecule has 1 aliphatic heterocycles. The number of aryl methyl sites for hydroxylation is 1. The van der Waals surface area contributed by atoms with E-state index in [4.69, 9.17) is 5.73 Å². The van der Waals surface area contributed by atoms with Crippen molar-refractivity contribution < 1.29 is 9.59 Å². The Bertz CT molecular complexity index is 509. The van der Waals surface area contributed by atoms with E-state index >= 15 is 0 Å². The molecule has 2 amide bonds. The Morgan fingerprint density at radius 3 is 2.68 bits per heavy atom. The largest absolute Gasteiger partial charge is 0.326 e. The summed E-state index contributed by atoms with van der Waals surface area (Å²) >= 11 is 0. The molecule has 0 fully saturated rings. The van der Waals surface area contributed by atoms with E-state index in [2.05, 4.69) is 10.6 Å². The first-order valence-electron chi connectivity index (χ1n) is 5.89. The Hall–Kier alpha value is -1.59. The van der Waals surface area contributed by atoms with E-state index in [1.807, 2.05) is 12.1 Å². The fraction of sp³-hybridized carbons (Fsp3) is 0.385. The first-order valence-corrected chi connectivity index (χ1v) is 5.89. The highest BCUT2D eigenvalue weighted by atomic mass is 35.5. The molecule has 4 N–H and O–H groups in total. The van der Waals surface area contributed by atoms with Crippen LogP contribution in [0.25, 0.3) is 0 Å². The summed E-state index contributed by atoms with van der Waals surface area (Å²) in [4.78, 5) is 23.0. The summed E-state index contributed by atoms with van der Waals surface area (Å²) in [6.07, 6.45) is 1.24. The van der Waals surface area contributed by atoms with Gasteiger partial charge in [0.05, 0.1) is 5.54 Å². The number of nitrogens with two attached hydrogens (primary N) is 1. The molecule has 0 bridgehead atoms. The second-order valence-electron chi connectivity index (χ2n) is 5.10. The quantitative estimate of drug-likeness (QED) is 0.772. The molecule has 0 spiro atoms. The fourth-order valence-corrected chi connectivity index (χ4v) is 1.74. The summed E-state index contributed by atoms with van der Waals surface area (Å²) in [7, 11) is 0. The lowest BCUT2D eigenvalue weighted by Crippen LogP contribution is -2.45. The zero-order valence-electron chi connectivity index (χ0n) is 10.9. The summed E-state index contributed by atoms with van der Waals surface area (Å²) in [5.74, 6) is -0.255. The zero-order valence-corrected chi connectivity index (χ0v) is 11.8. The molecule has 0 saturated heterocycles. The number of benzene rings is 1. The van der Waals surface area contributed by atoms with Crippen LogP contribution in [0.4, 0.5) is 11.4 Å². The number of halogens is 1. The third-order valence-corrected chi connectivity index (χ3v) is 2.85. The van der Waals surface area contributed by atoms with Gasteiger partial charge in [-0.15, -0.1) is 12.4 Å². The van der Waals surface area contributed by atoms with Gasteiger partial charge in [-0.05, 0) is 38.0 Å². The molecule has 6 heteroatoms. The summed E-state index contributed by atoms with van der Waals surface area (Å²) in [5.41, 5.74) is 7.26. The van der Waals surface area contributed by atoms with Gasteiger partial charge < -0.3 is 16.4 Å². The average Bonchev–Trinajstić information content (AvgIpc) is 2.27. The van der Waals surface area contributed by atoms with Crippen molar-refractivity contribution in [1.82, 2.24) is 0 Å². The second kappa shape index (κ2) is 5.59. The number of hydrogen-bond acceptors (Lipinski definition) is 3. The van der Waals surface area contributed by atoms with Crippen LogP contribution in [0.3, 0.4) is 0 Å². The minimum absolute atomic E-state index is 0. The summed E-state index contributed by atoms with van der Waals surface area (Å²) in [6.45, 7) is 3.28. The van der Waals surface area contributed by atoms with Crippen LogP contribution in [0.1, 0.15) is 25.8 Å². The smallest absolute Gasteiger partial charge is 0.243 e. The van der Waals surface area contributed by atoms with Crippen molar-refractivity contribution in [2.45, 2.75) is 32.2 Å². The topological polar surface area (TPSA) is 84.2 Å². The van der Waals surface area contributed by atoms with Crippen LogP contribution in [0.2, 0.25) is 0 Å². The molecule has 1 aliphatic rings. The van der Waals surface area contributed by atoms with Crippen molar-refractivity contribution in [3.8, 4) is 0 Å². The molecule has 0 radical (unpaired) electrons. The van der Waals surface area contributed by atoms with Crippen LogP contribution in [-0.4, -0.2) is 17.4 Å². The lowest BCUT2D eigenvalue weighted by molar-refractivity contribution is -0.120. The van der Waals surface area contributed by atoms with Crippen molar-refractivity contribution in [3.63, 3.8) is 0 Å². The Kier molecular flexibility index (Phi) is 4.55. The van der Waals surface area contributed by atoms with Gasteiger partial charge in [0, 0.05) is 17.8 Å². The Morgan fingerprint density at radius 2 is 2.05 bits per heavy atom. The van der Waals surface area contributed by atoms with E-state index in [0.717, 1.165) is 17.7 Å². The Balaban J connectivity index is 0.00000180. The minimum atomic E-state index is -0.931. The first-order chi connectivity index (χ1) is 8.36. The van der Waals surface area contributed by atoms with Crippen molar-refractivity contribution in [2.75, 3.05) is 10.6 Å². The average molecular weight is 284 g/mol. The van der Waals surface area contributed by atoms with E-state index in [9.17, 15) is 9.59 Å². The van der Waals surface area contributed by atoms with Crippen molar-refractivity contribution >= 4 is 35.6 Å². The number of rotatable bonds is 2. The van der Waals surface area contributed by atoms with Gasteiger partial charge in [0.2, 0.25) is 11.8 Å². The minimum Gasteiger partial charge on any atom is -0.326 e. The number of anilines is 2. The fourth-order valence-electron chi connectivity index (χ4n) is 1.74. The van der Waals surface area contributed by atoms with Crippen LogP contribution in [0.5, 0.6) is 0 Å². The van der Waals surface area contributed by atoms with Gasteiger partial charge in [0.15, 0.2) is 0 Å². The van der Waals surface area contributed by atoms with Crippen LogP contribution >= 0.6 is 12.4 Å². The molecular formula is C13H18ClN3O2. The molecule has 1 aromatic rings. The summed E-state index contributed by atoms with van der Waals surface area (Å²) < 4.78 is 0. The number of fused-ring (bicyclic) bond motifs is 1. The molecule has 2 rings (SSSR count). The summed E-state index contributed by atoms with van der Waals surface area (Å²) in [6, 6.07) is 5.49. The van der Waals surface area contributed by atoms with Gasteiger partial charge in [-0.1, -0.05) is 6.07 Å². The zero-order chi connectivity index (χ0) is 13.3. The highest BCUT2D eigenvalue weighted by Gasteiger charge is 2.22. The third kappa shape index (κ3) is 3.68. The molecule has 0 atom stereocenters. The molecular weight excluding hydrogens is 266 g/mol. The van der Waals surface area contributed by atoms with E-state index in [-0.39, 0.29) is 24.2 Å². The normalized spacial score (nSPS) is 13.9. The maximum atomic E-state index is 11.7.